The van der Waals surface area contributed by atoms with Crippen molar-refractivity contribution in [1.82, 2.24) is 15.6 Å². The lowest BCUT2D eigenvalue weighted by Gasteiger charge is -2.13. The molecular weight excluding hydrogens is 491 g/mol. The van der Waals surface area contributed by atoms with Crippen molar-refractivity contribution >= 4 is 29.9 Å². The SMILES string of the molecule is CC(C)(C)c1cnc(CN=C(NCCc2ccccc2)NCCc2ccco2)o1.I. The van der Waals surface area contributed by atoms with Gasteiger partial charge in [-0.05, 0) is 24.1 Å². The van der Waals surface area contributed by atoms with E-state index in [4.69, 9.17) is 8.83 Å². The van der Waals surface area contributed by atoms with Crippen LogP contribution >= 0.6 is 24.0 Å². The Labute approximate surface area is 195 Å². The Balaban J connectivity index is 0.00000320. The number of hydrogen-bond acceptors (Lipinski definition) is 4. The topological polar surface area (TPSA) is 75.6 Å². The molecule has 0 aliphatic heterocycles. The predicted molar refractivity (Wildman–Crippen MR) is 130 cm³/mol. The molecule has 0 aliphatic rings. The van der Waals surface area contributed by atoms with E-state index < -0.39 is 0 Å². The number of oxazole rings is 1. The third kappa shape index (κ3) is 7.85. The zero-order valence-electron chi connectivity index (χ0n) is 17.9. The van der Waals surface area contributed by atoms with Crippen molar-refractivity contribution in [3.63, 3.8) is 0 Å². The molecule has 0 unspecified atom stereocenters. The number of furan rings is 1. The van der Waals surface area contributed by atoms with Crippen LogP contribution in [0.5, 0.6) is 0 Å². The molecule has 6 nitrogen and oxygen atoms in total. The van der Waals surface area contributed by atoms with E-state index in [1.807, 2.05) is 18.2 Å². The van der Waals surface area contributed by atoms with E-state index in [1.54, 1.807) is 12.5 Å². The van der Waals surface area contributed by atoms with Gasteiger partial charge in [0, 0.05) is 24.9 Å². The molecule has 2 aromatic heterocycles. The summed E-state index contributed by atoms with van der Waals surface area (Å²) in [5.74, 6) is 3.17. The van der Waals surface area contributed by atoms with Gasteiger partial charge >= 0.3 is 0 Å². The Hall–Kier alpha value is -2.29. The summed E-state index contributed by atoms with van der Waals surface area (Å²) >= 11 is 0. The molecule has 7 heteroatoms. The number of halogens is 1. The second kappa shape index (κ2) is 11.8. The Bertz CT molecular complexity index is 884. The summed E-state index contributed by atoms with van der Waals surface area (Å²) in [6.45, 7) is 8.21. The fourth-order valence-corrected chi connectivity index (χ4v) is 2.78. The summed E-state index contributed by atoms with van der Waals surface area (Å²) in [6, 6.07) is 14.3. The van der Waals surface area contributed by atoms with Crippen LogP contribution in [0.2, 0.25) is 0 Å². The highest BCUT2D eigenvalue weighted by atomic mass is 127. The first kappa shape index (κ1) is 24.0. The van der Waals surface area contributed by atoms with Gasteiger partial charge in [-0.1, -0.05) is 51.1 Å². The minimum Gasteiger partial charge on any atom is -0.469 e. The highest BCUT2D eigenvalue weighted by Crippen LogP contribution is 2.22. The molecule has 0 saturated heterocycles. The average molecular weight is 522 g/mol. The highest BCUT2D eigenvalue weighted by molar-refractivity contribution is 14.0. The van der Waals surface area contributed by atoms with Crippen molar-refractivity contribution in [2.24, 2.45) is 4.99 Å². The lowest BCUT2D eigenvalue weighted by molar-refractivity contribution is 0.383. The molecule has 0 amide bonds. The standard InChI is InChI=1S/C23H30N4O2.HI/c1-23(2,3)20-16-26-21(29-20)17-27-22(25-14-12-19-10-7-15-28-19)24-13-11-18-8-5-4-6-9-18;/h4-10,15-16H,11-14,17H2,1-3H3,(H2,24,25,27);1H. The van der Waals surface area contributed by atoms with Crippen LogP contribution in [0.25, 0.3) is 0 Å². The van der Waals surface area contributed by atoms with Crippen molar-refractivity contribution in [3.05, 3.63) is 77.9 Å². The first-order chi connectivity index (χ1) is 14.0. The zero-order valence-corrected chi connectivity index (χ0v) is 20.2. The summed E-state index contributed by atoms with van der Waals surface area (Å²) in [7, 11) is 0. The molecule has 0 radical (unpaired) electrons. The molecule has 0 atom stereocenters. The number of guanidine groups is 1. The second-order valence-electron chi connectivity index (χ2n) is 7.95. The average Bonchev–Trinajstić information content (AvgIpc) is 3.38. The molecular formula is C23H31IN4O2. The minimum absolute atomic E-state index is 0. The van der Waals surface area contributed by atoms with E-state index in [9.17, 15) is 0 Å². The first-order valence-electron chi connectivity index (χ1n) is 10.0. The fourth-order valence-electron chi connectivity index (χ4n) is 2.78. The van der Waals surface area contributed by atoms with Crippen LogP contribution in [0.4, 0.5) is 0 Å². The van der Waals surface area contributed by atoms with Gasteiger partial charge in [0.15, 0.2) is 5.96 Å². The smallest absolute Gasteiger partial charge is 0.216 e. The number of nitrogens with one attached hydrogen (secondary N) is 2. The fraction of sp³-hybridized carbons (Fsp3) is 0.391. The summed E-state index contributed by atoms with van der Waals surface area (Å²) in [6.07, 6.45) is 5.20. The van der Waals surface area contributed by atoms with E-state index in [0.29, 0.717) is 12.4 Å². The molecule has 1 aromatic carbocycles. The van der Waals surface area contributed by atoms with Crippen molar-refractivity contribution in [2.45, 2.75) is 45.6 Å². The predicted octanol–water partition coefficient (Wildman–Crippen LogP) is 4.70. The lowest BCUT2D eigenvalue weighted by atomic mass is 9.94. The molecule has 30 heavy (non-hydrogen) atoms. The Morgan fingerprint density at radius 3 is 2.37 bits per heavy atom. The quantitative estimate of drug-likeness (QED) is 0.255. The number of aliphatic imine (C=N–C) groups is 1. The zero-order chi connectivity index (χ0) is 20.5. The maximum Gasteiger partial charge on any atom is 0.216 e. The van der Waals surface area contributed by atoms with Crippen LogP contribution in [-0.4, -0.2) is 24.0 Å². The van der Waals surface area contributed by atoms with E-state index >= 15 is 0 Å². The van der Waals surface area contributed by atoms with Gasteiger partial charge in [-0.2, -0.15) is 0 Å². The van der Waals surface area contributed by atoms with Crippen molar-refractivity contribution in [1.29, 1.82) is 0 Å². The molecule has 0 fully saturated rings. The highest BCUT2D eigenvalue weighted by Gasteiger charge is 2.19. The van der Waals surface area contributed by atoms with E-state index in [-0.39, 0.29) is 29.4 Å². The molecule has 0 saturated carbocycles. The van der Waals surface area contributed by atoms with E-state index in [0.717, 1.165) is 43.4 Å². The molecule has 162 valence electrons. The third-order valence-corrected chi connectivity index (χ3v) is 4.46. The molecule has 2 N–H and O–H groups in total. The van der Waals surface area contributed by atoms with E-state index in [2.05, 4.69) is 65.6 Å². The molecule has 3 rings (SSSR count). The monoisotopic (exact) mass is 522 g/mol. The van der Waals surface area contributed by atoms with Crippen LogP contribution in [0, 0.1) is 0 Å². The maximum absolute atomic E-state index is 5.85. The summed E-state index contributed by atoms with van der Waals surface area (Å²) < 4.78 is 11.2. The normalized spacial score (nSPS) is 11.8. The number of benzene rings is 1. The van der Waals surface area contributed by atoms with Crippen molar-refractivity contribution in [3.8, 4) is 0 Å². The van der Waals surface area contributed by atoms with Crippen LogP contribution in [0.15, 0.2) is 68.8 Å². The summed E-state index contributed by atoms with van der Waals surface area (Å²) in [5, 5.41) is 6.76. The van der Waals surface area contributed by atoms with Crippen LogP contribution < -0.4 is 10.6 Å². The molecule has 0 bridgehead atoms. The molecule has 3 aromatic rings. The van der Waals surface area contributed by atoms with Crippen molar-refractivity contribution in [2.75, 3.05) is 13.1 Å². The molecule has 0 spiro atoms. The minimum atomic E-state index is -0.0625. The summed E-state index contributed by atoms with van der Waals surface area (Å²) in [5.41, 5.74) is 1.23. The summed E-state index contributed by atoms with van der Waals surface area (Å²) in [4.78, 5) is 9.01. The largest absolute Gasteiger partial charge is 0.469 e. The number of aromatic nitrogens is 1. The lowest BCUT2D eigenvalue weighted by Crippen LogP contribution is -2.39. The van der Waals surface area contributed by atoms with Crippen molar-refractivity contribution < 1.29 is 8.83 Å². The van der Waals surface area contributed by atoms with Gasteiger partial charge in [-0.15, -0.1) is 24.0 Å². The van der Waals surface area contributed by atoms with Crippen LogP contribution in [0.3, 0.4) is 0 Å². The van der Waals surface area contributed by atoms with Gasteiger partial charge in [0.1, 0.15) is 18.1 Å². The Kier molecular flexibility index (Phi) is 9.42. The number of rotatable bonds is 8. The number of hydrogen-bond donors (Lipinski definition) is 2. The van der Waals surface area contributed by atoms with Gasteiger partial charge in [0.2, 0.25) is 5.89 Å². The Morgan fingerprint density at radius 1 is 1.00 bits per heavy atom. The van der Waals surface area contributed by atoms with Gasteiger partial charge in [0.25, 0.3) is 0 Å². The molecule has 0 aliphatic carbocycles. The number of nitrogens with zero attached hydrogens (tertiary/aromatic N) is 2. The Morgan fingerprint density at radius 2 is 1.73 bits per heavy atom. The van der Waals surface area contributed by atoms with Gasteiger partial charge in [-0.25, -0.2) is 9.98 Å². The first-order valence-corrected chi connectivity index (χ1v) is 10.0. The van der Waals surface area contributed by atoms with Crippen LogP contribution in [-0.2, 0) is 24.8 Å². The molecule has 2 heterocycles. The van der Waals surface area contributed by atoms with Gasteiger partial charge < -0.3 is 19.5 Å². The van der Waals surface area contributed by atoms with Gasteiger partial charge in [-0.3, -0.25) is 0 Å². The second-order valence-corrected chi connectivity index (χ2v) is 7.95. The van der Waals surface area contributed by atoms with Crippen LogP contribution in [0.1, 0.15) is 43.7 Å². The maximum atomic E-state index is 5.85. The van der Waals surface area contributed by atoms with E-state index in [1.165, 1.54) is 5.56 Å². The third-order valence-electron chi connectivity index (χ3n) is 4.46. The van der Waals surface area contributed by atoms with Gasteiger partial charge in [0.05, 0.1) is 12.5 Å².